The third kappa shape index (κ3) is 6.69. The van der Waals surface area contributed by atoms with Crippen molar-refractivity contribution in [2.45, 2.75) is 11.8 Å². The van der Waals surface area contributed by atoms with Crippen LogP contribution in [0.3, 0.4) is 0 Å². The van der Waals surface area contributed by atoms with E-state index in [-0.39, 0.29) is 24.2 Å². The number of hydrogen-bond donors (Lipinski definition) is 2. The second-order valence-electron chi connectivity index (χ2n) is 7.19. The number of ether oxygens (including phenoxy) is 1. The first-order chi connectivity index (χ1) is 15.5. The van der Waals surface area contributed by atoms with Gasteiger partial charge < -0.3 is 20.7 Å². The maximum Gasteiger partial charge on any atom is 0.339 e. The number of piperazine rings is 1. The molecule has 9 nitrogen and oxygen atoms in total. The molecule has 0 spiro atoms. The Kier molecular flexibility index (Phi) is 8.46. The molecule has 2 heterocycles. The maximum absolute atomic E-state index is 12.6. The number of esters is 1. The number of pyridine rings is 1. The Morgan fingerprint density at radius 1 is 1.12 bits per heavy atom. The Morgan fingerprint density at radius 3 is 2.53 bits per heavy atom. The molecule has 0 bridgehead atoms. The number of thioether (sulfide) groups is 1. The van der Waals surface area contributed by atoms with Crippen LogP contribution in [0.15, 0.2) is 47.5 Å². The number of rotatable bonds is 9. The maximum atomic E-state index is 12.6. The first-order valence-electron chi connectivity index (χ1n) is 10.4. The van der Waals surface area contributed by atoms with Crippen LogP contribution in [0.25, 0.3) is 0 Å². The van der Waals surface area contributed by atoms with Crippen molar-refractivity contribution in [2.75, 3.05) is 55.3 Å². The molecule has 3 N–H and O–H groups in total. The Morgan fingerprint density at radius 2 is 1.88 bits per heavy atom. The second-order valence-corrected chi connectivity index (χ2v) is 8.21. The third-order valence-electron chi connectivity index (χ3n) is 4.85. The van der Waals surface area contributed by atoms with Gasteiger partial charge in [-0.2, -0.15) is 0 Å². The molecule has 1 fully saturated rings. The lowest BCUT2D eigenvalue weighted by Gasteiger charge is -2.35. The van der Waals surface area contributed by atoms with Crippen LogP contribution in [0.4, 0.5) is 11.5 Å². The van der Waals surface area contributed by atoms with Gasteiger partial charge in [-0.3, -0.25) is 14.5 Å². The molecule has 1 aromatic heterocycles. The highest BCUT2D eigenvalue weighted by molar-refractivity contribution is 8.00. The van der Waals surface area contributed by atoms with Gasteiger partial charge in [-0.05, 0) is 31.2 Å². The fourth-order valence-corrected chi connectivity index (χ4v) is 4.03. The number of hydrogen-bond acceptors (Lipinski definition) is 8. The van der Waals surface area contributed by atoms with Gasteiger partial charge in [0.15, 0.2) is 0 Å². The Labute approximate surface area is 191 Å². The molecule has 0 aliphatic carbocycles. The van der Waals surface area contributed by atoms with E-state index in [2.05, 4.69) is 20.1 Å². The number of nitrogens with two attached hydrogens (primary N) is 1. The third-order valence-corrected chi connectivity index (χ3v) is 5.95. The minimum atomic E-state index is -0.404. The number of primary amides is 1. The van der Waals surface area contributed by atoms with E-state index in [0.29, 0.717) is 30.9 Å². The standard InChI is InChI=1S/C22H27N5O4S/c1-2-31-22(30)16-7-8-20(24-13-16)27-11-9-26(10-12-27)14-21(29)25-17-5-3-4-6-18(17)32-15-19(23)28/h3-8,13H,2,9-12,14-15H2,1H3,(H2,23,28)(H,25,29). The van der Waals surface area contributed by atoms with Crippen molar-refractivity contribution in [3.05, 3.63) is 48.2 Å². The van der Waals surface area contributed by atoms with E-state index in [1.807, 2.05) is 30.3 Å². The number of benzene rings is 1. The van der Waals surface area contributed by atoms with Gasteiger partial charge in [0.2, 0.25) is 11.8 Å². The van der Waals surface area contributed by atoms with Gasteiger partial charge in [0.25, 0.3) is 0 Å². The molecule has 32 heavy (non-hydrogen) atoms. The van der Waals surface area contributed by atoms with Crippen molar-refractivity contribution in [1.82, 2.24) is 9.88 Å². The van der Waals surface area contributed by atoms with Gasteiger partial charge in [-0.25, -0.2) is 9.78 Å². The lowest BCUT2D eigenvalue weighted by Crippen LogP contribution is -2.49. The monoisotopic (exact) mass is 457 g/mol. The molecule has 2 aromatic rings. The number of anilines is 2. The van der Waals surface area contributed by atoms with Crippen LogP contribution >= 0.6 is 11.8 Å². The zero-order chi connectivity index (χ0) is 22.9. The zero-order valence-electron chi connectivity index (χ0n) is 18.0. The molecule has 1 aliphatic heterocycles. The van der Waals surface area contributed by atoms with Gasteiger partial charge in [0.1, 0.15) is 5.82 Å². The molecule has 2 amide bonds. The van der Waals surface area contributed by atoms with Gasteiger partial charge >= 0.3 is 5.97 Å². The summed E-state index contributed by atoms with van der Waals surface area (Å²) in [6.07, 6.45) is 1.53. The molecular formula is C22H27N5O4S. The molecular weight excluding hydrogens is 430 g/mol. The molecule has 0 radical (unpaired) electrons. The Balaban J connectivity index is 1.48. The summed E-state index contributed by atoms with van der Waals surface area (Å²) in [7, 11) is 0. The van der Waals surface area contributed by atoms with Crippen molar-refractivity contribution in [3.8, 4) is 0 Å². The topological polar surface area (TPSA) is 118 Å². The van der Waals surface area contributed by atoms with E-state index in [9.17, 15) is 14.4 Å². The summed E-state index contributed by atoms with van der Waals surface area (Å²) in [5.74, 6) is 0.0601. The predicted molar refractivity (Wildman–Crippen MR) is 124 cm³/mol. The highest BCUT2D eigenvalue weighted by atomic mass is 32.2. The highest BCUT2D eigenvalue weighted by Gasteiger charge is 2.21. The number of aromatic nitrogens is 1. The summed E-state index contributed by atoms with van der Waals surface area (Å²) in [4.78, 5) is 44.7. The summed E-state index contributed by atoms with van der Waals surface area (Å²) in [6, 6.07) is 10.9. The van der Waals surface area contributed by atoms with E-state index in [4.69, 9.17) is 10.5 Å². The molecule has 0 saturated carbocycles. The molecule has 1 aromatic carbocycles. The van der Waals surface area contributed by atoms with Crippen molar-refractivity contribution in [2.24, 2.45) is 5.73 Å². The fourth-order valence-electron chi connectivity index (χ4n) is 3.28. The lowest BCUT2D eigenvalue weighted by molar-refractivity contribution is -0.117. The summed E-state index contributed by atoms with van der Waals surface area (Å²) in [5, 5.41) is 2.93. The van der Waals surface area contributed by atoms with E-state index in [1.165, 1.54) is 18.0 Å². The predicted octanol–water partition coefficient (Wildman–Crippen LogP) is 1.60. The minimum Gasteiger partial charge on any atom is -0.462 e. The number of para-hydroxylation sites is 1. The number of amides is 2. The number of carbonyl (C=O) groups excluding carboxylic acids is 3. The van der Waals surface area contributed by atoms with Crippen molar-refractivity contribution in [3.63, 3.8) is 0 Å². The average molecular weight is 458 g/mol. The quantitative estimate of drug-likeness (QED) is 0.431. The summed E-state index contributed by atoms with van der Waals surface area (Å²) >= 11 is 1.30. The summed E-state index contributed by atoms with van der Waals surface area (Å²) < 4.78 is 4.98. The Hall–Kier alpha value is -3.11. The number of nitrogens with one attached hydrogen (secondary N) is 1. The minimum absolute atomic E-state index is 0.109. The average Bonchev–Trinajstić information content (AvgIpc) is 2.79. The normalized spacial score (nSPS) is 14.1. The van der Waals surface area contributed by atoms with Gasteiger partial charge in [0, 0.05) is 37.3 Å². The van der Waals surface area contributed by atoms with E-state index in [0.717, 1.165) is 23.8 Å². The smallest absolute Gasteiger partial charge is 0.339 e. The van der Waals surface area contributed by atoms with Crippen molar-refractivity contribution in [1.29, 1.82) is 0 Å². The first-order valence-corrected chi connectivity index (χ1v) is 11.3. The second kappa shape index (κ2) is 11.5. The SMILES string of the molecule is CCOC(=O)c1ccc(N2CCN(CC(=O)Nc3ccccc3SCC(N)=O)CC2)nc1. The van der Waals surface area contributed by atoms with Gasteiger partial charge in [0.05, 0.1) is 30.2 Å². The first kappa shape index (κ1) is 23.6. The molecule has 1 aliphatic rings. The van der Waals surface area contributed by atoms with Crippen LogP contribution in [0.5, 0.6) is 0 Å². The van der Waals surface area contributed by atoms with Crippen LogP contribution in [0.2, 0.25) is 0 Å². The summed E-state index contributed by atoms with van der Waals surface area (Å²) in [5.41, 5.74) is 6.32. The highest BCUT2D eigenvalue weighted by Crippen LogP contribution is 2.26. The molecule has 3 rings (SSSR count). The Bertz CT molecular complexity index is 946. The molecule has 0 atom stereocenters. The molecule has 170 valence electrons. The van der Waals surface area contributed by atoms with E-state index >= 15 is 0 Å². The fraction of sp³-hybridized carbons (Fsp3) is 0.364. The molecule has 10 heteroatoms. The van der Waals surface area contributed by atoms with Crippen molar-refractivity contribution >= 4 is 41.1 Å². The van der Waals surface area contributed by atoms with Gasteiger partial charge in [-0.15, -0.1) is 11.8 Å². The number of carbonyl (C=O) groups is 3. The van der Waals surface area contributed by atoms with E-state index < -0.39 is 5.91 Å². The summed E-state index contributed by atoms with van der Waals surface area (Å²) in [6.45, 7) is 5.25. The molecule has 0 unspecified atom stereocenters. The van der Waals surface area contributed by atoms with Crippen LogP contribution in [0.1, 0.15) is 17.3 Å². The van der Waals surface area contributed by atoms with Crippen LogP contribution in [0, 0.1) is 0 Å². The zero-order valence-corrected chi connectivity index (χ0v) is 18.8. The van der Waals surface area contributed by atoms with E-state index in [1.54, 1.807) is 13.0 Å². The molecule has 1 saturated heterocycles. The lowest BCUT2D eigenvalue weighted by atomic mass is 10.2. The van der Waals surface area contributed by atoms with Crippen molar-refractivity contribution < 1.29 is 19.1 Å². The van der Waals surface area contributed by atoms with Crippen LogP contribution < -0.4 is 16.0 Å². The largest absolute Gasteiger partial charge is 0.462 e. The van der Waals surface area contributed by atoms with Gasteiger partial charge in [-0.1, -0.05) is 12.1 Å². The number of nitrogens with zero attached hydrogens (tertiary/aromatic N) is 3. The van der Waals surface area contributed by atoms with Crippen LogP contribution in [-0.4, -0.2) is 72.8 Å². The van der Waals surface area contributed by atoms with Crippen LogP contribution in [-0.2, 0) is 14.3 Å².